The smallest absolute Gasteiger partial charge is 0.306 e. The predicted octanol–water partition coefficient (Wildman–Crippen LogP) is -2.53. The molecule has 1 rings (SSSR count). The van der Waals surface area contributed by atoms with E-state index >= 15 is 0 Å². The lowest BCUT2D eigenvalue weighted by Crippen LogP contribution is -3.00. The Balaban J connectivity index is 0.00000225. The maximum atomic E-state index is 8.47. The number of ether oxygens (including phenoxy) is 1. The molecule has 0 fully saturated rings. The highest BCUT2D eigenvalue weighted by atomic mass is 35.5. The minimum atomic E-state index is 0. The first-order valence-corrected chi connectivity index (χ1v) is 4.61. The van der Waals surface area contributed by atoms with E-state index in [1.807, 2.05) is 30.9 Å². The molecule has 0 aliphatic rings. The van der Waals surface area contributed by atoms with Crippen LogP contribution in [0.2, 0.25) is 0 Å². The molecule has 6 heteroatoms. The summed E-state index contributed by atoms with van der Waals surface area (Å²) in [7, 11) is 1.85. The van der Waals surface area contributed by atoms with Crippen molar-refractivity contribution in [2.45, 2.75) is 20.1 Å². The van der Waals surface area contributed by atoms with Gasteiger partial charge in [-0.15, -0.1) is 0 Å². The van der Waals surface area contributed by atoms with Gasteiger partial charge in [-0.1, -0.05) is 18.0 Å². The first-order valence-electron chi connectivity index (χ1n) is 4.61. The van der Waals surface area contributed by atoms with Crippen molar-refractivity contribution in [1.29, 1.82) is 0 Å². The number of oxime groups is 1. The fraction of sp³-hybridized carbons (Fsp3) is 0.400. The van der Waals surface area contributed by atoms with E-state index in [-0.39, 0.29) is 12.4 Å². The standard InChI is InChI=1S/C10H13N3O2.ClH/c1-3-4-7-15-9-13-6-5-12(2)10(13)8-11-14;/h5-6,8H,3,9H2,1-2H3;1H. The third-order valence-corrected chi connectivity index (χ3v) is 1.82. The van der Waals surface area contributed by atoms with Gasteiger partial charge in [0.05, 0.1) is 7.05 Å². The lowest BCUT2D eigenvalue weighted by Gasteiger charge is -1.95. The third-order valence-electron chi connectivity index (χ3n) is 1.82. The minimum Gasteiger partial charge on any atom is -1.00 e. The maximum absolute atomic E-state index is 8.47. The Morgan fingerprint density at radius 1 is 1.69 bits per heavy atom. The topological polar surface area (TPSA) is 50.6 Å². The summed E-state index contributed by atoms with van der Waals surface area (Å²) in [5.41, 5.74) is 0. The predicted molar refractivity (Wildman–Crippen MR) is 54.1 cm³/mol. The van der Waals surface area contributed by atoms with Crippen molar-refractivity contribution in [3.8, 4) is 12.0 Å². The molecule has 0 saturated heterocycles. The fourth-order valence-corrected chi connectivity index (χ4v) is 1.09. The zero-order valence-electron chi connectivity index (χ0n) is 9.22. The number of nitrogens with zero attached hydrogens (tertiary/aromatic N) is 3. The summed E-state index contributed by atoms with van der Waals surface area (Å²) in [4.78, 5) is 0. The van der Waals surface area contributed by atoms with Gasteiger partial charge in [0.2, 0.25) is 6.73 Å². The average Bonchev–Trinajstić information content (AvgIpc) is 2.57. The normalized spacial score (nSPS) is 9.38. The summed E-state index contributed by atoms with van der Waals surface area (Å²) >= 11 is 0. The molecule has 0 atom stereocenters. The Hall–Kier alpha value is -1.67. The second-order valence-corrected chi connectivity index (χ2v) is 2.89. The summed E-state index contributed by atoms with van der Waals surface area (Å²) in [6.45, 7) is 2.27. The zero-order chi connectivity index (χ0) is 11.1. The first kappa shape index (κ1) is 14.3. The molecule has 1 heterocycles. The highest BCUT2D eigenvalue weighted by molar-refractivity contribution is 5.72. The van der Waals surface area contributed by atoms with Gasteiger partial charge in [-0.25, -0.2) is 4.57 Å². The molecule has 1 aromatic rings. The van der Waals surface area contributed by atoms with E-state index in [9.17, 15) is 0 Å². The SMILES string of the molecule is CCC#COCn1cc[n+](C)c1C=NO.[Cl-]. The Morgan fingerprint density at radius 2 is 2.44 bits per heavy atom. The molecule has 0 saturated carbocycles. The lowest BCUT2D eigenvalue weighted by molar-refractivity contribution is -0.672. The van der Waals surface area contributed by atoms with Gasteiger partial charge in [0.1, 0.15) is 18.5 Å². The van der Waals surface area contributed by atoms with Gasteiger partial charge in [0, 0.05) is 6.42 Å². The number of imidazole rings is 1. The van der Waals surface area contributed by atoms with Crippen molar-refractivity contribution >= 4 is 6.21 Å². The van der Waals surface area contributed by atoms with E-state index in [0.717, 1.165) is 12.2 Å². The summed E-state index contributed by atoms with van der Waals surface area (Å²) in [6, 6.07) is 0. The van der Waals surface area contributed by atoms with Crippen molar-refractivity contribution in [3.63, 3.8) is 0 Å². The molecule has 1 N–H and O–H groups in total. The van der Waals surface area contributed by atoms with Gasteiger partial charge in [0.15, 0.2) is 6.21 Å². The van der Waals surface area contributed by atoms with Crippen LogP contribution in [0.4, 0.5) is 0 Å². The quantitative estimate of drug-likeness (QED) is 0.209. The van der Waals surface area contributed by atoms with Crippen LogP contribution < -0.4 is 17.0 Å². The molecule has 0 amide bonds. The number of hydrogen-bond acceptors (Lipinski definition) is 3. The van der Waals surface area contributed by atoms with Crippen LogP contribution in [0.25, 0.3) is 0 Å². The molecule has 0 aromatic carbocycles. The van der Waals surface area contributed by atoms with Gasteiger partial charge in [-0.2, -0.15) is 4.57 Å². The number of aryl methyl sites for hydroxylation is 1. The molecule has 16 heavy (non-hydrogen) atoms. The van der Waals surface area contributed by atoms with Crippen LogP contribution in [0, 0.1) is 12.0 Å². The molecule has 0 unspecified atom stereocenters. The van der Waals surface area contributed by atoms with Crippen molar-refractivity contribution < 1.29 is 26.9 Å². The highest BCUT2D eigenvalue weighted by Crippen LogP contribution is 1.92. The molecule has 0 aliphatic heterocycles. The molecule has 5 nitrogen and oxygen atoms in total. The van der Waals surface area contributed by atoms with E-state index in [0.29, 0.717) is 6.73 Å². The van der Waals surface area contributed by atoms with E-state index in [2.05, 4.69) is 17.2 Å². The van der Waals surface area contributed by atoms with Gasteiger partial charge in [-0.3, -0.25) is 0 Å². The van der Waals surface area contributed by atoms with E-state index in [1.54, 1.807) is 4.57 Å². The molecule has 0 spiro atoms. The van der Waals surface area contributed by atoms with E-state index < -0.39 is 0 Å². The summed E-state index contributed by atoms with van der Waals surface area (Å²) in [5, 5.41) is 11.5. The molecular formula is C10H14ClN3O2. The Kier molecular flexibility index (Phi) is 6.81. The van der Waals surface area contributed by atoms with Crippen LogP contribution in [-0.2, 0) is 18.5 Å². The Morgan fingerprint density at radius 3 is 3.06 bits per heavy atom. The summed E-state index contributed by atoms with van der Waals surface area (Å²) < 4.78 is 8.70. The lowest BCUT2D eigenvalue weighted by atomic mass is 10.5. The van der Waals surface area contributed by atoms with Crippen molar-refractivity contribution in [1.82, 2.24) is 4.57 Å². The van der Waals surface area contributed by atoms with Crippen molar-refractivity contribution in [2.75, 3.05) is 0 Å². The number of hydrogen-bond donors (Lipinski definition) is 1. The van der Waals surface area contributed by atoms with Crippen LogP contribution in [0.3, 0.4) is 0 Å². The van der Waals surface area contributed by atoms with Crippen LogP contribution in [0.15, 0.2) is 17.5 Å². The van der Waals surface area contributed by atoms with Gasteiger partial charge in [-0.05, 0) is 0 Å². The van der Waals surface area contributed by atoms with Gasteiger partial charge in [0.25, 0.3) is 0 Å². The number of halogens is 1. The Bertz CT molecular complexity index is 404. The zero-order valence-corrected chi connectivity index (χ0v) is 9.98. The summed E-state index contributed by atoms with van der Waals surface area (Å²) in [5.74, 6) is 3.53. The summed E-state index contributed by atoms with van der Waals surface area (Å²) in [6.07, 6.45) is 8.35. The van der Waals surface area contributed by atoms with Crippen LogP contribution in [0.5, 0.6) is 0 Å². The van der Waals surface area contributed by atoms with Crippen molar-refractivity contribution in [3.05, 3.63) is 18.2 Å². The van der Waals surface area contributed by atoms with Crippen LogP contribution in [0.1, 0.15) is 19.2 Å². The average molecular weight is 244 g/mol. The van der Waals surface area contributed by atoms with Gasteiger partial charge < -0.3 is 22.4 Å². The number of rotatable bonds is 3. The molecule has 0 aliphatic carbocycles. The second-order valence-electron chi connectivity index (χ2n) is 2.89. The van der Waals surface area contributed by atoms with E-state index in [1.165, 1.54) is 6.21 Å². The molecular weight excluding hydrogens is 230 g/mol. The molecule has 0 radical (unpaired) electrons. The molecule has 0 bridgehead atoms. The monoisotopic (exact) mass is 243 g/mol. The highest BCUT2D eigenvalue weighted by Gasteiger charge is 2.11. The fourth-order valence-electron chi connectivity index (χ4n) is 1.09. The molecule has 88 valence electrons. The number of aromatic nitrogens is 2. The Labute approximate surface area is 101 Å². The van der Waals surface area contributed by atoms with Crippen LogP contribution >= 0.6 is 0 Å². The van der Waals surface area contributed by atoms with Crippen molar-refractivity contribution in [2.24, 2.45) is 12.2 Å². The van der Waals surface area contributed by atoms with Crippen LogP contribution in [-0.4, -0.2) is 16.0 Å². The van der Waals surface area contributed by atoms with E-state index in [4.69, 9.17) is 9.94 Å². The molecule has 1 aromatic heterocycles. The second kappa shape index (κ2) is 7.60. The third kappa shape index (κ3) is 3.83. The first-order chi connectivity index (χ1) is 7.29. The minimum absolute atomic E-state index is 0. The van der Waals surface area contributed by atoms with Gasteiger partial charge >= 0.3 is 5.82 Å². The largest absolute Gasteiger partial charge is 1.00 e. The maximum Gasteiger partial charge on any atom is 0.306 e.